The summed E-state index contributed by atoms with van der Waals surface area (Å²) in [6.45, 7) is 3.15. The van der Waals surface area contributed by atoms with Crippen LogP contribution in [-0.2, 0) is 11.3 Å². The quantitative estimate of drug-likeness (QED) is 0.741. The van der Waals surface area contributed by atoms with Crippen LogP contribution in [0, 0.1) is 0 Å². The van der Waals surface area contributed by atoms with Gasteiger partial charge in [0.2, 0.25) is 0 Å². The number of rotatable bonds is 9. The summed E-state index contributed by atoms with van der Waals surface area (Å²) < 4.78 is 21.1. The van der Waals surface area contributed by atoms with Gasteiger partial charge in [0, 0.05) is 19.2 Å². The van der Waals surface area contributed by atoms with Crippen LogP contribution in [0.1, 0.15) is 24.3 Å². The number of hydrogen-bond donors (Lipinski definition) is 1. The highest BCUT2D eigenvalue weighted by Gasteiger charge is 2.20. The van der Waals surface area contributed by atoms with Gasteiger partial charge in [-0.25, -0.2) is 4.79 Å². The van der Waals surface area contributed by atoms with E-state index in [1.165, 1.54) is 0 Å². The molecule has 0 aliphatic carbocycles. The maximum atomic E-state index is 12.8. The summed E-state index contributed by atoms with van der Waals surface area (Å²) in [4.78, 5) is 14.4. The van der Waals surface area contributed by atoms with Crippen molar-refractivity contribution in [1.82, 2.24) is 10.2 Å². The first-order valence-corrected chi connectivity index (χ1v) is 8.37. The van der Waals surface area contributed by atoms with Crippen molar-refractivity contribution in [3.8, 4) is 11.5 Å². The van der Waals surface area contributed by atoms with Crippen LogP contribution in [0.5, 0.6) is 11.5 Å². The van der Waals surface area contributed by atoms with E-state index in [9.17, 15) is 4.79 Å². The molecule has 1 aromatic heterocycles. The van der Waals surface area contributed by atoms with E-state index in [0.29, 0.717) is 37.0 Å². The average Bonchev–Trinajstić information content (AvgIpc) is 3.17. The van der Waals surface area contributed by atoms with E-state index in [1.807, 2.05) is 31.2 Å². The molecular formula is C19H26N2O5. The Bertz CT molecular complexity index is 687. The second kappa shape index (κ2) is 9.72. The summed E-state index contributed by atoms with van der Waals surface area (Å²) in [5.74, 6) is 2.10. The molecule has 2 amide bonds. The van der Waals surface area contributed by atoms with Crippen LogP contribution in [0.25, 0.3) is 0 Å². The van der Waals surface area contributed by atoms with E-state index in [2.05, 4.69) is 5.32 Å². The lowest BCUT2D eigenvalue weighted by Gasteiger charge is -2.25. The number of carbonyl (C=O) groups excluding carboxylic acids is 1. The van der Waals surface area contributed by atoms with Crippen LogP contribution in [-0.4, -0.2) is 45.4 Å². The Morgan fingerprint density at radius 2 is 2.04 bits per heavy atom. The van der Waals surface area contributed by atoms with Gasteiger partial charge in [0.15, 0.2) is 0 Å². The first kappa shape index (κ1) is 19.7. The minimum absolute atomic E-state index is 0.212. The van der Waals surface area contributed by atoms with Crippen molar-refractivity contribution in [2.24, 2.45) is 0 Å². The van der Waals surface area contributed by atoms with Gasteiger partial charge in [-0.3, -0.25) is 0 Å². The lowest BCUT2D eigenvalue weighted by Crippen LogP contribution is -2.42. The molecule has 2 rings (SSSR count). The fourth-order valence-corrected chi connectivity index (χ4v) is 2.58. The molecule has 0 saturated carbocycles. The Kier molecular flexibility index (Phi) is 7.35. The number of ether oxygens (including phenoxy) is 3. The summed E-state index contributed by atoms with van der Waals surface area (Å²) in [6, 6.07) is 8.65. The van der Waals surface area contributed by atoms with Gasteiger partial charge in [-0.05, 0) is 37.3 Å². The van der Waals surface area contributed by atoms with Crippen molar-refractivity contribution in [3.63, 3.8) is 0 Å². The zero-order valence-electron chi connectivity index (χ0n) is 15.7. The third-order valence-corrected chi connectivity index (χ3v) is 4.02. The van der Waals surface area contributed by atoms with Crippen LogP contribution >= 0.6 is 0 Å². The molecule has 7 heteroatoms. The van der Waals surface area contributed by atoms with Gasteiger partial charge in [0.25, 0.3) is 0 Å². The predicted octanol–water partition coefficient (Wildman–Crippen LogP) is 3.22. The van der Waals surface area contributed by atoms with E-state index in [-0.39, 0.29) is 12.1 Å². The van der Waals surface area contributed by atoms with Crippen molar-refractivity contribution in [1.29, 1.82) is 0 Å². The number of urea groups is 1. The fraction of sp³-hybridized carbons (Fsp3) is 0.421. The number of benzene rings is 1. The first-order chi connectivity index (χ1) is 12.6. The summed E-state index contributed by atoms with van der Waals surface area (Å²) in [7, 11) is 4.80. The van der Waals surface area contributed by atoms with Crippen LogP contribution in [0.3, 0.4) is 0 Å². The zero-order chi connectivity index (χ0) is 18.9. The molecule has 1 N–H and O–H groups in total. The molecule has 7 nitrogen and oxygen atoms in total. The van der Waals surface area contributed by atoms with Crippen molar-refractivity contribution in [2.45, 2.75) is 19.5 Å². The van der Waals surface area contributed by atoms with Gasteiger partial charge in [0.05, 0.1) is 39.7 Å². The maximum absolute atomic E-state index is 12.8. The number of carbonyl (C=O) groups is 1. The number of furan rings is 1. The smallest absolute Gasteiger partial charge is 0.318 e. The number of hydrogen-bond acceptors (Lipinski definition) is 5. The molecule has 0 radical (unpaired) electrons. The van der Waals surface area contributed by atoms with Gasteiger partial charge in [-0.2, -0.15) is 0 Å². The molecule has 0 saturated heterocycles. The summed E-state index contributed by atoms with van der Waals surface area (Å²) in [6.07, 6.45) is 1.59. The summed E-state index contributed by atoms with van der Waals surface area (Å²) >= 11 is 0. The molecular weight excluding hydrogens is 336 g/mol. The van der Waals surface area contributed by atoms with Crippen molar-refractivity contribution < 1.29 is 23.4 Å². The number of nitrogens with one attached hydrogen (secondary N) is 1. The van der Waals surface area contributed by atoms with Crippen LogP contribution in [0.15, 0.2) is 41.0 Å². The molecule has 142 valence electrons. The van der Waals surface area contributed by atoms with Crippen molar-refractivity contribution in [3.05, 3.63) is 47.9 Å². The Hall–Kier alpha value is -2.67. The van der Waals surface area contributed by atoms with Gasteiger partial charge in [0.1, 0.15) is 17.3 Å². The largest absolute Gasteiger partial charge is 0.497 e. The molecule has 0 aliphatic heterocycles. The summed E-state index contributed by atoms with van der Waals surface area (Å²) in [5, 5.41) is 3.00. The van der Waals surface area contributed by atoms with E-state index in [0.717, 1.165) is 5.56 Å². The van der Waals surface area contributed by atoms with E-state index < -0.39 is 0 Å². The second-order valence-electron chi connectivity index (χ2n) is 5.77. The maximum Gasteiger partial charge on any atom is 0.318 e. The Balaban J connectivity index is 2.11. The second-order valence-corrected chi connectivity index (χ2v) is 5.77. The molecule has 2 aromatic rings. The van der Waals surface area contributed by atoms with Crippen LogP contribution in [0.2, 0.25) is 0 Å². The molecule has 0 spiro atoms. The number of nitrogens with zero attached hydrogens (tertiary/aromatic N) is 1. The highest BCUT2D eigenvalue weighted by Crippen LogP contribution is 2.29. The van der Waals surface area contributed by atoms with Crippen molar-refractivity contribution >= 4 is 6.03 Å². The SMILES string of the molecule is COCCN(Cc1ccco1)C(=O)NC(C)c1cc(OC)ccc1OC. The van der Waals surface area contributed by atoms with E-state index >= 15 is 0 Å². The molecule has 1 heterocycles. The monoisotopic (exact) mass is 362 g/mol. The van der Waals surface area contributed by atoms with Gasteiger partial charge in [-0.15, -0.1) is 0 Å². The Labute approximate surface area is 153 Å². The number of methoxy groups -OCH3 is 3. The molecule has 1 atom stereocenters. The Morgan fingerprint density at radius 3 is 2.65 bits per heavy atom. The van der Waals surface area contributed by atoms with Gasteiger partial charge < -0.3 is 28.8 Å². The number of amides is 2. The molecule has 1 aromatic carbocycles. The first-order valence-electron chi connectivity index (χ1n) is 8.37. The standard InChI is InChI=1S/C19H26N2O5/c1-14(17-12-15(24-3)7-8-18(17)25-4)20-19(22)21(9-11-23-2)13-16-6-5-10-26-16/h5-8,10,12,14H,9,11,13H2,1-4H3,(H,20,22). The summed E-state index contributed by atoms with van der Waals surface area (Å²) in [5.41, 5.74) is 0.838. The minimum atomic E-state index is -0.269. The topological polar surface area (TPSA) is 73.2 Å². The zero-order valence-corrected chi connectivity index (χ0v) is 15.7. The molecule has 0 bridgehead atoms. The normalized spacial score (nSPS) is 11.7. The highest BCUT2D eigenvalue weighted by atomic mass is 16.5. The molecule has 0 fully saturated rings. The third-order valence-electron chi connectivity index (χ3n) is 4.02. The van der Waals surface area contributed by atoms with Crippen molar-refractivity contribution in [2.75, 3.05) is 34.5 Å². The molecule has 0 aliphatic rings. The lowest BCUT2D eigenvalue weighted by molar-refractivity contribution is 0.141. The molecule has 26 heavy (non-hydrogen) atoms. The fourth-order valence-electron chi connectivity index (χ4n) is 2.58. The van der Waals surface area contributed by atoms with Crippen LogP contribution in [0.4, 0.5) is 4.79 Å². The van der Waals surface area contributed by atoms with E-state index in [4.69, 9.17) is 18.6 Å². The van der Waals surface area contributed by atoms with E-state index in [1.54, 1.807) is 38.6 Å². The van der Waals surface area contributed by atoms with Crippen LogP contribution < -0.4 is 14.8 Å². The predicted molar refractivity (Wildman–Crippen MR) is 97.5 cm³/mol. The Morgan fingerprint density at radius 1 is 1.23 bits per heavy atom. The lowest BCUT2D eigenvalue weighted by atomic mass is 10.1. The van der Waals surface area contributed by atoms with Gasteiger partial charge in [-0.1, -0.05) is 0 Å². The van der Waals surface area contributed by atoms with Gasteiger partial charge >= 0.3 is 6.03 Å². The highest BCUT2D eigenvalue weighted by molar-refractivity contribution is 5.74. The third kappa shape index (κ3) is 5.16. The minimum Gasteiger partial charge on any atom is -0.497 e. The average molecular weight is 362 g/mol. The molecule has 1 unspecified atom stereocenters.